The number of aliphatic hydroxyl groups excluding tert-OH is 1. The Kier molecular flexibility index (Phi) is 6.95. The summed E-state index contributed by atoms with van der Waals surface area (Å²) in [4.78, 5) is 0. The van der Waals surface area contributed by atoms with Crippen molar-refractivity contribution >= 4 is 5.57 Å². The van der Waals surface area contributed by atoms with Crippen molar-refractivity contribution in [2.45, 2.75) is 82.5 Å². The van der Waals surface area contributed by atoms with Crippen LogP contribution in [0.2, 0.25) is 0 Å². The summed E-state index contributed by atoms with van der Waals surface area (Å²) < 4.78 is 29.4. The minimum absolute atomic E-state index is 0.161. The van der Waals surface area contributed by atoms with Crippen LogP contribution in [0.15, 0.2) is 18.2 Å². The Labute approximate surface area is 203 Å². The molecule has 1 aliphatic heterocycles. The second-order valence-corrected chi connectivity index (χ2v) is 11.2. The van der Waals surface area contributed by atoms with Crippen LogP contribution in [-0.4, -0.2) is 50.7 Å². The van der Waals surface area contributed by atoms with E-state index in [9.17, 15) is 5.11 Å². The van der Waals surface area contributed by atoms with Gasteiger partial charge >= 0.3 is 0 Å². The van der Waals surface area contributed by atoms with Gasteiger partial charge in [-0.25, -0.2) is 0 Å². The summed E-state index contributed by atoms with van der Waals surface area (Å²) in [5, 5.41) is 10.2. The largest absolute Gasteiger partial charge is 0.487 e. The first-order valence-electron chi connectivity index (χ1n) is 12.9. The van der Waals surface area contributed by atoms with Crippen molar-refractivity contribution in [2.75, 3.05) is 27.8 Å². The van der Waals surface area contributed by atoms with E-state index in [1.165, 1.54) is 17.6 Å². The lowest BCUT2D eigenvalue weighted by Crippen LogP contribution is -2.48. The third-order valence-corrected chi connectivity index (χ3v) is 8.43. The normalized spacial score (nSPS) is 33.9. The average molecular weight is 473 g/mol. The fourth-order valence-electron chi connectivity index (χ4n) is 7.07. The Morgan fingerprint density at radius 3 is 2.62 bits per heavy atom. The molecule has 188 valence electrons. The van der Waals surface area contributed by atoms with Crippen molar-refractivity contribution in [3.05, 3.63) is 29.3 Å². The molecule has 1 aromatic rings. The van der Waals surface area contributed by atoms with Crippen molar-refractivity contribution in [3.8, 4) is 11.5 Å². The molecule has 1 N–H and O–H groups in total. The topological polar surface area (TPSA) is 66.4 Å². The van der Waals surface area contributed by atoms with Gasteiger partial charge in [-0.2, -0.15) is 0 Å². The summed E-state index contributed by atoms with van der Waals surface area (Å²) in [6.45, 7) is 4.97. The zero-order valence-electron chi connectivity index (χ0n) is 21.0. The van der Waals surface area contributed by atoms with Gasteiger partial charge < -0.3 is 28.8 Å². The molecule has 34 heavy (non-hydrogen) atoms. The van der Waals surface area contributed by atoms with Gasteiger partial charge in [-0.05, 0) is 93.9 Å². The zero-order chi connectivity index (χ0) is 23.9. The molecular formula is C28H40O6. The first-order chi connectivity index (χ1) is 16.4. The van der Waals surface area contributed by atoms with E-state index in [0.717, 1.165) is 55.6 Å². The minimum Gasteiger partial charge on any atom is -0.487 e. The van der Waals surface area contributed by atoms with Gasteiger partial charge in [0.1, 0.15) is 23.9 Å². The van der Waals surface area contributed by atoms with E-state index in [1.807, 2.05) is 0 Å². The van der Waals surface area contributed by atoms with Gasteiger partial charge in [-0.15, -0.1) is 0 Å². The first kappa shape index (κ1) is 24.1. The molecule has 0 unspecified atom stereocenters. The number of rotatable bonds is 7. The minimum atomic E-state index is -0.261. The molecule has 1 aromatic carbocycles. The Morgan fingerprint density at radius 2 is 1.85 bits per heavy atom. The molecule has 0 radical (unpaired) electrons. The zero-order valence-corrected chi connectivity index (χ0v) is 21.0. The fraction of sp³-hybridized carbons (Fsp3) is 0.714. The molecule has 0 spiro atoms. The molecule has 2 saturated carbocycles. The Morgan fingerprint density at radius 1 is 1.03 bits per heavy atom. The van der Waals surface area contributed by atoms with Crippen LogP contribution in [0, 0.1) is 17.8 Å². The van der Waals surface area contributed by atoms with E-state index < -0.39 is 0 Å². The molecule has 4 aliphatic rings. The number of hydrogen-bond donors (Lipinski definition) is 1. The maximum absolute atomic E-state index is 10.2. The molecule has 0 saturated heterocycles. The summed E-state index contributed by atoms with van der Waals surface area (Å²) >= 11 is 0. The maximum atomic E-state index is 10.2. The molecule has 2 bridgehead atoms. The highest BCUT2D eigenvalue weighted by molar-refractivity contribution is 5.71. The highest BCUT2D eigenvalue weighted by Crippen LogP contribution is 2.56. The number of aliphatic hydroxyl groups is 1. The summed E-state index contributed by atoms with van der Waals surface area (Å²) in [5.74, 6) is 3.49. The summed E-state index contributed by atoms with van der Waals surface area (Å²) in [6.07, 6.45) is 9.35. The lowest BCUT2D eigenvalue weighted by Gasteiger charge is -2.49. The highest BCUT2D eigenvalue weighted by atomic mass is 16.7. The predicted octanol–water partition coefficient (Wildman–Crippen LogP) is 5.28. The van der Waals surface area contributed by atoms with Gasteiger partial charge in [-0.1, -0.05) is 6.08 Å². The second kappa shape index (κ2) is 9.81. The maximum Gasteiger partial charge on any atom is 0.188 e. The monoisotopic (exact) mass is 472 g/mol. The second-order valence-electron chi connectivity index (χ2n) is 11.2. The van der Waals surface area contributed by atoms with Crippen LogP contribution in [-0.2, 0) is 14.2 Å². The van der Waals surface area contributed by atoms with E-state index >= 15 is 0 Å². The van der Waals surface area contributed by atoms with E-state index in [2.05, 4.69) is 32.1 Å². The number of ether oxygens (including phenoxy) is 5. The standard InChI is InChI=1S/C28H40O6/c1-28(2)24-6-5-22(32-15-30-3)14-23(24)27-25(33-16-31-4)12-20(13-26(27)34-28)19-8-17-7-18(9-19)11-21(29)10-17/h8,12-13,17-18,21-24,29H,5-7,9-11,14-16H2,1-4H3/t17-,18+,21+,22-,23-,24-/m1/s1. The van der Waals surface area contributed by atoms with Crippen LogP contribution < -0.4 is 9.47 Å². The highest BCUT2D eigenvalue weighted by Gasteiger charge is 2.48. The van der Waals surface area contributed by atoms with Gasteiger partial charge in [0.05, 0.1) is 12.2 Å². The van der Waals surface area contributed by atoms with Gasteiger partial charge in [0.15, 0.2) is 6.79 Å². The van der Waals surface area contributed by atoms with Crippen molar-refractivity contribution in [3.63, 3.8) is 0 Å². The predicted molar refractivity (Wildman–Crippen MR) is 130 cm³/mol. The SMILES string of the molecule is COCOc1cc(C2=C[C@@H]3C[C@H](O)C[C@H](C2)C3)cc2c1[C@@H]1C[C@H](OCOC)CC[C@H]1C(C)(C)O2. The van der Waals surface area contributed by atoms with Crippen molar-refractivity contribution in [1.29, 1.82) is 0 Å². The summed E-state index contributed by atoms with van der Waals surface area (Å²) in [7, 11) is 3.33. The van der Waals surface area contributed by atoms with Crippen LogP contribution in [0.3, 0.4) is 0 Å². The average Bonchev–Trinajstić information content (AvgIpc) is 2.79. The van der Waals surface area contributed by atoms with E-state index in [-0.39, 0.29) is 24.6 Å². The van der Waals surface area contributed by atoms with Crippen molar-refractivity contribution < 1.29 is 28.8 Å². The van der Waals surface area contributed by atoms with E-state index in [4.69, 9.17) is 23.7 Å². The smallest absolute Gasteiger partial charge is 0.188 e. The van der Waals surface area contributed by atoms with Crippen LogP contribution in [0.1, 0.15) is 75.8 Å². The van der Waals surface area contributed by atoms with E-state index in [1.54, 1.807) is 14.2 Å². The van der Waals surface area contributed by atoms with Gasteiger partial charge in [-0.3, -0.25) is 0 Å². The molecule has 6 nitrogen and oxygen atoms in total. The molecule has 5 rings (SSSR count). The summed E-state index contributed by atoms with van der Waals surface area (Å²) in [6, 6.07) is 4.43. The quantitative estimate of drug-likeness (QED) is 0.545. The van der Waals surface area contributed by atoms with Gasteiger partial charge in [0.2, 0.25) is 0 Å². The third-order valence-electron chi connectivity index (χ3n) is 8.43. The molecule has 0 amide bonds. The number of hydrogen-bond acceptors (Lipinski definition) is 6. The lowest BCUT2D eigenvalue weighted by molar-refractivity contribution is -0.105. The lowest BCUT2D eigenvalue weighted by atomic mass is 9.65. The Balaban J connectivity index is 1.53. The van der Waals surface area contributed by atoms with Crippen LogP contribution in [0.5, 0.6) is 11.5 Å². The molecule has 3 aliphatic carbocycles. The molecule has 6 heteroatoms. The van der Waals surface area contributed by atoms with Crippen molar-refractivity contribution in [2.24, 2.45) is 17.8 Å². The van der Waals surface area contributed by atoms with Crippen LogP contribution in [0.25, 0.3) is 5.57 Å². The fourth-order valence-corrected chi connectivity index (χ4v) is 7.07. The van der Waals surface area contributed by atoms with Crippen LogP contribution in [0.4, 0.5) is 0 Å². The number of benzene rings is 1. The molecule has 0 aromatic heterocycles. The van der Waals surface area contributed by atoms with Crippen molar-refractivity contribution in [1.82, 2.24) is 0 Å². The molecule has 6 atom stereocenters. The van der Waals surface area contributed by atoms with Gasteiger partial charge in [0, 0.05) is 31.6 Å². The first-order valence-corrected chi connectivity index (χ1v) is 12.9. The van der Waals surface area contributed by atoms with E-state index in [0.29, 0.717) is 30.5 Å². The molecule has 1 heterocycles. The molecule has 2 fully saturated rings. The Bertz CT molecular complexity index is 908. The molecular weight excluding hydrogens is 432 g/mol. The third kappa shape index (κ3) is 4.75. The van der Waals surface area contributed by atoms with Crippen LogP contribution >= 0.6 is 0 Å². The Hall–Kier alpha value is -1.60. The number of allylic oxidation sites excluding steroid dienone is 2. The number of fused-ring (bicyclic) bond motifs is 5. The summed E-state index contributed by atoms with van der Waals surface area (Å²) in [5.41, 5.74) is 3.42. The van der Waals surface area contributed by atoms with Gasteiger partial charge in [0.25, 0.3) is 0 Å². The number of methoxy groups -OCH3 is 2.